The van der Waals surface area contributed by atoms with Crippen molar-refractivity contribution >= 4 is 11.8 Å². The number of nitrogens with zero attached hydrogens (tertiary/aromatic N) is 5. The highest BCUT2D eigenvalue weighted by Crippen LogP contribution is 2.29. The number of rotatable bonds is 3. The Morgan fingerprint density at radius 1 is 1.15 bits per heavy atom. The van der Waals surface area contributed by atoms with E-state index >= 15 is 0 Å². The zero-order valence-electron chi connectivity index (χ0n) is 15.7. The fraction of sp³-hybridized carbons (Fsp3) is 0.667. The van der Waals surface area contributed by atoms with E-state index in [9.17, 15) is 9.59 Å². The van der Waals surface area contributed by atoms with Gasteiger partial charge in [0.15, 0.2) is 5.82 Å². The fourth-order valence-corrected chi connectivity index (χ4v) is 4.18. The van der Waals surface area contributed by atoms with Gasteiger partial charge in [0, 0.05) is 30.9 Å². The van der Waals surface area contributed by atoms with E-state index in [1.54, 1.807) is 9.47 Å². The Morgan fingerprint density at radius 3 is 2.56 bits per heavy atom. The summed E-state index contributed by atoms with van der Waals surface area (Å²) in [4.78, 5) is 26.1. The second kappa shape index (κ2) is 7.58. The summed E-state index contributed by atoms with van der Waals surface area (Å²) in [5, 5.41) is 13.8. The molecule has 0 bridgehead atoms. The van der Waals surface area contributed by atoms with E-state index in [1.807, 2.05) is 17.8 Å². The minimum Gasteiger partial charge on any atom is -0.324 e. The Balaban J connectivity index is 1.35. The zero-order valence-corrected chi connectivity index (χ0v) is 15.7. The van der Waals surface area contributed by atoms with Gasteiger partial charge < -0.3 is 4.90 Å². The Labute approximate surface area is 157 Å². The van der Waals surface area contributed by atoms with Crippen molar-refractivity contribution in [2.75, 3.05) is 18.4 Å². The average molecular weight is 373 g/mol. The summed E-state index contributed by atoms with van der Waals surface area (Å²) in [5.74, 6) is 0.652. The zero-order chi connectivity index (χ0) is 18.8. The van der Waals surface area contributed by atoms with Gasteiger partial charge in [-0.15, -0.1) is 0 Å². The van der Waals surface area contributed by atoms with E-state index in [1.165, 1.54) is 25.6 Å². The monoisotopic (exact) mass is 373 g/mol. The second-order valence-electron chi connectivity index (χ2n) is 7.65. The number of H-pyrrole nitrogens is 1. The molecule has 0 spiro atoms. The quantitative estimate of drug-likeness (QED) is 0.863. The summed E-state index contributed by atoms with van der Waals surface area (Å²) in [5.41, 5.74) is 0.801. The smallest absolute Gasteiger partial charge is 0.324 e. The first-order chi connectivity index (χ1) is 13.1. The third kappa shape index (κ3) is 3.77. The van der Waals surface area contributed by atoms with Crippen molar-refractivity contribution in [3.8, 4) is 0 Å². The molecule has 4 rings (SSSR count). The van der Waals surface area contributed by atoms with Crippen LogP contribution in [-0.2, 0) is 0 Å². The molecule has 1 aliphatic heterocycles. The molecule has 2 N–H and O–H groups in total. The van der Waals surface area contributed by atoms with E-state index in [0.717, 1.165) is 31.2 Å². The van der Waals surface area contributed by atoms with Gasteiger partial charge in [-0.05, 0) is 32.6 Å². The van der Waals surface area contributed by atoms with Crippen molar-refractivity contribution < 1.29 is 4.79 Å². The van der Waals surface area contributed by atoms with E-state index in [4.69, 9.17) is 0 Å². The van der Waals surface area contributed by atoms with Crippen LogP contribution in [0.25, 0.3) is 0 Å². The van der Waals surface area contributed by atoms with Crippen LogP contribution in [0.1, 0.15) is 62.6 Å². The molecule has 146 valence electrons. The molecule has 1 saturated carbocycles. The van der Waals surface area contributed by atoms with Crippen LogP contribution in [0.15, 0.2) is 17.3 Å². The number of aromatic amines is 1. The maximum atomic E-state index is 12.6. The van der Waals surface area contributed by atoms with Crippen molar-refractivity contribution in [1.82, 2.24) is 29.4 Å². The van der Waals surface area contributed by atoms with Gasteiger partial charge in [0.1, 0.15) is 6.33 Å². The van der Waals surface area contributed by atoms with Crippen LogP contribution in [0, 0.1) is 6.92 Å². The van der Waals surface area contributed by atoms with Crippen molar-refractivity contribution in [3.63, 3.8) is 0 Å². The van der Waals surface area contributed by atoms with Crippen LogP contribution in [-0.4, -0.2) is 48.6 Å². The van der Waals surface area contributed by atoms with Crippen LogP contribution >= 0.6 is 0 Å². The molecular formula is C18H27N7O2. The molecule has 0 unspecified atom stereocenters. The Hall–Kier alpha value is -2.58. The first kappa shape index (κ1) is 17.8. The van der Waals surface area contributed by atoms with E-state index in [2.05, 4.69) is 20.6 Å². The number of amides is 2. The lowest BCUT2D eigenvalue weighted by molar-refractivity contribution is 0.183. The molecule has 2 aromatic heterocycles. The normalized spacial score (nSPS) is 19.4. The summed E-state index contributed by atoms with van der Waals surface area (Å²) in [6.07, 6.45) is 11.2. The molecule has 0 radical (unpaired) electrons. The lowest BCUT2D eigenvalue weighted by atomic mass is 9.96. The molecule has 1 saturated heterocycles. The molecule has 2 fully saturated rings. The summed E-state index contributed by atoms with van der Waals surface area (Å²) in [7, 11) is 0. The average Bonchev–Trinajstić information content (AvgIpc) is 3.28. The van der Waals surface area contributed by atoms with Gasteiger partial charge >= 0.3 is 11.7 Å². The fourth-order valence-electron chi connectivity index (χ4n) is 4.18. The highest BCUT2D eigenvalue weighted by Gasteiger charge is 2.26. The van der Waals surface area contributed by atoms with Gasteiger partial charge in [-0.1, -0.05) is 19.3 Å². The van der Waals surface area contributed by atoms with E-state index in [0.29, 0.717) is 24.9 Å². The standard InChI is InChI=1S/C18H27N7O2/c1-13-11-25(15-5-3-2-4-6-15)22-16(13)20-17(26)23-9-7-14(8-10-23)24-12-19-21-18(24)27/h11-12,14-15H,2-10H2,1H3,(H,21,27)(H,20,22,26). The maximum absolute atomic E-state index is 12.6. The molecule has 1 aliphatic carbocycles. The van der Waals surface area contributed by atoms with Gasteiger partial charge in [0.2, 0.25) is 0 Å². The molecule has 2 aromatic rings. The first-order valence-electron chi connectivity index (χ1n) is 9.85. The molecule has 0 aromatic carbocycles. The van der Waals surface area contributed by atoms with Gasteiger partial charge in [-0.3, -0.25) is 14.6 Å². The summed E-state index contributed by atoms with van der Waals surface area (Å²) in [6.45, 7) is 3.20. The number of hydrogen-bond donors (Lipinski definition) is 2. The lowest BCUT2D eigenvalue weighted by Crippen LogP contribution is -2.42. The number of carbonyl (C=O) groups excluding carboxylic acids is 1. The first-order valence-corrected chi connectivity index (χ1v) is 9.85. The number of urea groups is 1. The Bertz CT molecular complexity index is 838. The molecule has 2 aliphatic rings. The topological polar surface area (TPSA) is 101 Å². The number of piperidine rings is 1. The van der Waals surface area contributed by atoms with Crippen LogP contribution in [0.3, 0.4) is 0 Å². The molecule has 9 heteroatoms. The van der Waals surface area contributed by atoms with E-state index < -0.39 is 0 Å². The number of carbonyl (C=O) groups is 1. The van der Waals surface area contributed by atoms with Crippen molar-refractivity contribution in [2.24, 2.45) is 0 Å². The maximum Gasteiger partial charge on any atom is 0.343 e. The summed E-state index contributed by atoms with van der Waals surface area (Å²) >= 11 is 0. The van der Waals surface area contributed by atoms with Crippen LogP contribution < -0.4 is 11.0 Å². The van der Waals surface area contributed by atoms with Crippen LogP contribution in [0.5, 0.6) is 0 Å². The summed E-state index contributed by atoms with van der Waals surface area (Å²) < 4.78 is 3.65. The van der Waals surface area contributed by atoms with Crippen molar-refractivity contribution in [2.45, 2.75) is 64.0 Å². The highest BCUT2D eigenvalue weighted by molar-refractivity contribution is 5.89. The molecular weight excluding hydrogens is 346 g/mol. The third-order valence-electron chi connectivity index (χ3n) is 5.81. The third-order valence-corrected chi connectivity index (χ3v) is 5.81. The minimum atomic E-state index is -0.193. The van der Waals surface area contributed by atoms with Gasteiger partial charge in [0.25, 0.3) is 0 Å². The Morgan fingerprint density at radius 2 is 1.89 bits per heavy atom. The number of likely N-dealkylation sites (tertiary alicyclic amines) is 1. The Kier molecular flexibility index (Phi) is 5.00. The molecule has 3 heterocycles. The summed E-state index contributed by atoms with van der Waals surface area (Å²) in [6, 6.07) is 0.421. The molecule has 9 nitrogen and oxygen atoms in total. The number of anilines is 1. The van der Waals surface area contributed by atoms with Crippen molar-refractivity contribution in [3.05, 3.63) is 28.6 Å². The molecule has 0 atom stereocenters. The molecule has 27 heavy (non-hydrogen) atoms. The van der Waals surface area contributed by atoms with E-state index in [-0.39, 0.29) is 17.8 Å². The van der Waals surface area contributed by atoms with Gasteiger partial charge in [-0.2, -0.15) is 10.2 Å². The van der Waals surface area contributed by atoms with Crippen LogP contribution in [0.4, 0.5) is 10.6 Å². The largest absolute Gasteiger partial charge is 0.343 e. The van der Waals surface area contributed by atoms with Gasteiger partial charge in [0.05, 0.1) is 6.04 Å². The second-order valence-corrected chi connectivity index (χ2v) is 7.65. The lowest BCUT2D eigenvalue weighted by Gasteiger charge is -2.31. The van der Waals surface area contributed by atoms with Crippen LogP contribution in [0.2, 0.25) is 0 Å². The molecule has 2 amide bonds. The highest BCUT2D eigenvalue weighted by atomic mass is 16.2. The number of nitrogens with one attached hydrogen (secondary N) is 2. The predicted octanol–water partition coefficient (Wildman–Crippen LogP) is 2.45. The SMILES string of the molecule is Cc1cn(C2CCCCC2)nc1NC(=O)N1CCC(n2cn[nH]c2=O)CC1. The van der Waals surface area contributed by atoms with Gasteiger partial charge in [-0.25, -0.2) is 14.7 Å². The number of aryl methyl sites for hydroxylation is 1. The minimum absolute atomic E-state index is 0.0903. The predicted molar refractivity (Wildman–Crippen MR) is 101 cm³/mol. The number of hydrogen-bond acceptors (Lipinski definition) is 4. The number of aromatic nitrogens is 5. The van der Waals surface area contributed by atoms with Crippen molar-refractivity contribution in [1.29, 1.82) is 0 Å².